The van der Waals surface area contributed by atoms with E-state index in [-0.39, 0.29) is 30.7 Å². The summed E-state index contributed by atoms with van der Waals surface area (Å²) in [6, 6.07) is 12.7. The highest BCUT2D eigenvalue weighted by molar-refractivity contribution is 7.14. The van der Waals surface area contributed by atoms with Gasteiger partial charge in [0.2, 0.25) is 17.7 Å². The van der Waals surface area contributed by atoms with Crippen LogP contribution in [-0.4, -0.2) is 42.5 Å². The highest BCUT2D eigenvalue weighted by atomic mass is 32.1. The summed E-state index contributed by atoms with van der Waals surface area (Å²) in [6.45, 7) is 2.70. The van der Waals surface area contributed by atoms with E-state index in [4.69, 9.17) is 9.47 Å². The number of benzene rings is 2. The number of carbonyl (C=O) groups excluding carboxylic acids is 3. The zero-order valence-corrected chi connectivity index (χ0v) is 19.2. The van der Waals surface area contributed by atoms with Gasteiger partial charge < -0.3 is 25.0 Å². The van der Waals surface area contributed by atoms with Crippen molar-refractivity contribution in [2.45, 2.75) is 13.3 Å². The summed E-state index contributed by atoms with van der Waals surface area (Å²) in [4.78, 5) is 42.7. The van der Waals surface area contributed by atoms with Crippen molar-refractivity contribution in [3.05, 3.63) is 47.8 Å². The molecule has 2 aliphatic rings. The molecule has 1 atom stereocenters. The second-order valence-electron chi connectivity index (χ2n) is 8.02. The number of hydrogen-bond donors (Lipinski definition) is 2. The molecule has 2 aromatic carbocycles. The van der Waals surface area contributed by atoms with Crippen LogP contribution in [0.2, 0.25) is 0 Å². The molecule has 1 aromatic heterocycles. The highest BCUT2D eigenvalue weighted by Crippen LogP contribution is 2.36. The first kappa shape index (κ1) is 21.9. The quantitative estimate of drug-likeness (QED) is 0.581. The monoisotopic (exact) mass is 478 g/mol. The summed E-state index contributed by atoms with van der Waals surface area (Å²) >= 11 is 1.32. The number of rotatable bonds is 5. The summed E-state index contributed by atoms with van der Waals surface area (Å²) in [5, 5.41) is 7.88. The Morgan fingerprint density at radius 2 is 1.82 bits per heavy atom. The standard InChI is InChI=1S/C24H22N4O5S/c1-14(29)25-17-4-2-15(3-5-17)19-13-34-24(26-19)27-23(31)16-10-22(30)28(12-16)18-6-7-20-21(11-18)33-9-8-32-20/h2-7,11,13,16H,8-10,12H2,1H3,(H,25,29)(H,26,27,31)/t16-/m0/s1. The molecular weight excluding hydrogens is 456 g/mol. The molecule has 3 amide bonds. The average Bonchev–Trinajstić information content (AvgIpc) is 3.45. The van der Waals surface area contributed by atoms with Crippen LogP contribution in [0.3, 0.4) is 0 Å². The van der Waals surface area contributed by atoms with E-state index in [9.17, 15) is 14.4 Å². The number of nitrogens with one attached hydrogen (secondary N) is 2. The van der Waals surface area contributed by atoms with Crippen LogP contribution in [0.15, 0.2) is 47.8 Å². The zero-order valence-electron chi connectivity index (χ0n) is 18.4. The van der Waals surface area contributed by atoms with E-state index >= 15 is 0 Å². The van der Waals surface area contributed by atoms with Gasteiger partial charge in [-0.15, -0.1) is 11.3 Å². The fourth-order valence-electron chi connectivity index (χ4n) is 3.93. The third kappa shape index (κ3) is 4.58. The van der Waals surface area contributed by atoms with Gasteiger partial charge in [-0.3, -0.25) is 14.4 Å². The number of aromatic nitrogens is 1. The Kier molecular flexibility index (Phi) is 5.89. The summed E-state index contributed by atoms with van der Waals surface area (Å²) in [5.41, 5.74) is 2.97. The molecule has 0 spiro atoms. The van der Waals surface area contributed by atoms with E-state index in [0.29, 0.717) is 41.2 Å². The minimum atomic E-state index is -0.481. The molecule has 2 N–H and O–H groups in total. The maximum atomic E-state index is 12.9. The zero-order chi connectivity index (χ0) is 23.7. The van der Waals surface area contributed by atoms with Gasteiger partial charge in [0.25, 0.3) is 0 Å². The molecule has 0 aliphatic carbocycles. The number of carbonyl (C=O) groups is 3. The lowest BCUT2D eigenvalue weighted by Crippen LogP contribution is -2.28. The molecule has 3 aromatic rings. The normalized spacial score (nSPS) is 16.9. The van der Waals surface area contributed by atoms with Crippen LogP contribution in [0, 0.1) is 5.92 Å². The molecule has 5 rings (SSSR count). The van der Waals surface area contributed by atoms with E-state index in [2.05, 4.69) is 15.6 Å². The summed E-state index contributed by atoms with van der Waals surface area (Å²) < 4.78 is 11.1. The average molecular weight is 479 g/mol. The van der Waals surface area contributed by atoms with Gasteiger partial charge in [-0.05, 0) is 24.3 Å². The third-order valence-corrected chi connectivity index (χ3v) is 6.33. The van der Waals surface area contributed by atoms with Gasteiger partial charge in [0.05, 0.1) is 11.6 Å². The third-order valence-electron chi connectivity index (χ3n) is 5.57. The highest BCUT2D eigenvalue weighted by Gasteiger charge is 2.36. The lowest BCUT2D eigenvalue weighted by atomic mass is 10.1. The molecular formula is C24H22N4O5S. The molecule has 0 saturated carbocycles. The molecule has 10 heteroatoms. The number of hydrogen-bond acceptors (Lipinski definition) is 7. The van der Waals surface area contributed by atoms with Gasteiger partial charge in [0.15, 0.2) is 16.6 Å². The van der Waals surface area contributed by atoms with Gasteiger partial charge in [-0.25, -0.2) is 4.98 Å². The minimum Gasteiger partial charge on any atom is -0.486 e. The lowest BCUT2D eigenvalue weighted by Gasteiger charge is -2.22. The SMILES string of the molecule is CC(=O)Nc1ccc(-c2csc(NC(=O)[C@H]3CC(=O)N(c4ccc5c(c4)OCCO5)C3)n2)cc1. The molecule has 1 saturated heterocycles. The Labute approximate surface area is 199 Å². The first-order valence-corrected chi connectivity index (χ1v) is 11.7. The number of amides is 3. The number of fused-ring (bicyclic) bond motifs is 1. The van der Waals surface area contributed by atoms with Crippen molar-refractivity contribution in [2.75, 3.05) is 35.3 Å². The fraction of sp³-hybridized carbons (Fsp3) is 0.250. The smallest absolute Gasteiger partial charge is 0.231 e. The van der Waals surface area contributed by atoms with Gasteiger partial charge in [0, 0.05) is 48.3 Å². The van der Waals surface area contributed by atoms with E-state index in [1.54, 1.807) is 35.2 Å². The van der Waals surface area contributed by atoms with Gasteiger partial charge in [-0.1, -0.05) is 12.1 Å². The Morgan fingerprint density at radius 3 is 2.59 bits per heavy atom. The summed E-state index contributed by atoms with van der Waals surface area (Å²) in [7, 11) is 0. The Balaban J connectivity index is 1.23. The number of thiazole rings is 1. The molecule has 0 bridgehead atoms. The molecule has 0 radical (unpaired) electrons. The molecule has 174 valence electrons. The van der Waals surface area contributed by atoms with Crippen LogP contribution in [0.5, 0.6) is 11.5 Å². The molecule has 0 unspecified atom stereocenters. The fourth-order valence-corrected chi connectivity index (χ4v) is 4.65. The maximum absolute atomic E-state index is 12.9. The van der Waals surface area contributed by atoms with Crippen molar-refractivity contribution in [1.82, 2.24) is 4.98 Å². The van der Waals surface area contributed by atoms with Crippen molar-refractivity contribution in [3.63, 3.8) is 0 Å². The summed E-state index contributed by atoms with van der Waals surface area (Å²) in [6.07, 6.45) is 0.128. The number of anilines is 3. The molecule has 34 heavy (non-hydrogen) atoms. The first-order valence-electron chi connectivity index (χ1n) is 10.8. The van der Waals surface area contributed by atoms with Crippen molar-refractivity contribution < 1.29 is 23.9 Å². The molecule has 2 aliphatic heterocycles. The van der Waals surface area contributed by atoms with Crippen molar-refractivity contribution in [2.24, 2.45) is 5.92 Å². The minimum absolute atomic E-state index is 0.115. The van der Waals surface area contributed by atoms with Crippen molar-refractivity contribution >= 4 is 45.6 Å². The molecule has 3 heterocycles. The molecule has 1 fully saturated rings. The van der Waals surface area contributed by atoms with Crippen LogP contribution < -0.4 is 25.0 Å². The lowest BCUT2D eigenvalue weighted by molar-refractivity contribution is -0.122. The van der Waals surface area contributed by atoms with Crippen LogP contribution >= 0.6 is 11.3 Å². The van der Waals surface area contributed by atoms with Crippen LogP contribution in [0.1, 0.15) is 13.3 Å². The van der Waals surface area contributed by atoms with E-state index in [1.165, 1.54) is 18.3 Å². The maximum Gasteiger partial charge on any atom is 0.231 e. The predicted octanol–water partition coefficient (Wildman–Crippen LogP) is 3.53. The van der Waals surface area contributed by atoms with E-state index in [1.807, 2.05) is 17.5 Å². The van der Waals surface area contributed by atoms with E-state index < -0.39 is 5.92 Å². The van der Waals surface area contributed by atoms with Crippen molar-refractivity contribution in [3.8, 4) is 22.8 Å². The second-order valence-corrected chi connectivity index (χ2v) is 8.88. The Hall–Kier alpha value is -3.92. The van der Waals surface area contributed by atoms with Crippen LogP contribution in [-0.2, 0) is 14.4 Å². The van der Waals surface area contributed by atoms with Gasteiger partial charge >= 0.3 is 0 Å². The first-order chi connectivity index (χ1) is 16.5. The van der Waals surface area contributed by atoms with Crippen LogP contribution in [0.4, 0.5) is 16.5 Å². The van der Waals surface area contributed by atoms with Crippen LogP contribution in [0.25, 0.3) is 11.3 Å². The molecule has 9 nitrogen and oxygen atoms in total. The van der Waals surface area contributed by atoms with Crippen molar-refractivity contribution in [1.29, 1.82) is 0 Å². The van der Waals surface area contributed by atoms with E-state index in [0.717, 1.165) is 11.3 Å². The number of ether oxygens (including phenoxy) is 2. The Bertz CT molecular complexity index is 1260. The second kappa shape index (κ2) is 9.14. The Morgan fingerprint density at radius 1 is 1.06 bits per heavy atom. The predicted molar refractivity (Wildman–Crippen MR) is 128 cm³/mol. The summed E-state index contributed by atoms with van der Waals surface area (Å²) in [5.74, 6) is 0.283. The van der Waals surface area contributed by atoms with Gasteiger partial charge in [-0.2, -0.15) is 0 Å². The topological polar surface area (TPSA) is 110 Å². The van der Waals surface area contributed by atoms with Gasteiger partial charge in [0.1, 0.15) is 13.2 Å². The number of nitrogens with zero attached hydrogens (tertiary/aromatic N) is 2. The largest absolute Gasteiger partial charge is 0.486 e.